The third kappa shape index (κ3) is 6.08. The predicted molar refractivity (Wildman–Crippen MR) is 150 cm³/mol. The monoisotopic (exact) mass is 547 g/mol. The Bertz CT molecular complexity index is 1390. The first-order chi connectivity index (χ1) is 18.8. The van der Waals surface area contributed by atoms with Crippen LogP contribution in [0.15, 0.2) is 66.7 Å². The van der Waals surface area contributed by atoms with Crippen LogP contribution < -0.4 is 15.4 Å². The molecule has 0 unspecified atom stereocenters. The van der Waals surface area contributed by atoms with Crippen molar-refractivity contribution in [2.75, 3.05) is 24.3 Å². The van der Waals surface area contributed by atoms with Gasteiger partial charge in [-0.2, -0.15) is 0 Å². The molecular weight excluding hydrogens is 518 g/mol. The maximum Gasteiger partial charge on any atom is 0.257 e. The van der Waals surface area contributed by atoms with Crippen molar-refractivity contribution in [3.8, 4) is 5.75 Å². The highest BCUT2D eigenvalue weighted by Crippen LogP contribution is 2.33. The van der Waals surface area contributed by atoms with Gasteiger partial charge >= 0.3 is 0 Å². The standard InChI is InChI=1S/C30H30ClN3O5/c1-18-5-3-4-6-24(18)33-28(35)16-22-12-13-25-27(39-22)17-38-26-14-11-21(15-23(26)30(37)34(25)2)32-29(36)19-7-9-20(31)10-8-19/h3-11,14-15,22,25,27H,12-13,16-17H2,1-2H3,(H,32,36)(H,33,35)/t22-,25+,27-/m1/s1. The fourth-order valence-corrected chi connectivity index (χ4v) is 5.16. The minimum atomic E-state index is -0.374. The van der Waals surface area contributed by atoms with Gasteiger partial charge in [-0.25, -0.2) is 0 Å². The number of para-hydroxylation sites is 1. The molecule has 0 aromatic heterocycles. The molecule has 3 aromatic rings. The molecule has 0 spiro atoms. The first kappa shape index (κ1) is 26.7. The van der Waals surface area contributed by atoms with E-state index >= 15 is 0 Å². The van der Waals surface area contributed by atoms with Crippen molar-refractivity contribution in [2.24, 2.45) is 0 Å². The lowest BCUT2D eigenvalue weighted by atomic mass is 9.94. The Kier molecular flexibility index (Phi) is 7.86. The zero-order valence-electron chi connectivity index (χ0n) is 21.8. The predicted octanol–water partition coefficient (Wildman–Crippen LogP) is 5.31. The van der Waals surface area contributed by atoms with Crippen molar-refractivity contribution in [1.82, 2.24) is 4.90 Å². The van der Waals surface area contributed by atoms with Gasteiger partial charge in [0.25, 0.3) is 11.8 Å². The van der Waals surface area contributed by atoms with E-state index < -0.39 is 0 Å². The summed E-state index contributed by atoms with van der Waals surface area (Å²) in [6, 6.07) is 19.0. The summed E-state index contributed by atoms with van der Waals surface area (Å²) >= 11 is 5.91. The molecule has 202 valence electrons. The van der Waals surface area contributed by atoms with E-state index in [1.807, 2.05) is 31.2 Å². The van der Waals surface area contributed by atoms with Crippen LogP contribution in [0.25, 0.3) is 0 Å². The summed E-state index contributed by atoms with van der Waals surface area (Å²) in [6.07, 6.45) is 0.904. The molecule has 2 N–H and O–H groups in total. The molecule has 2 heterocycles. The molecule has 3 atom stereocenters. The second-order valence-corrected chi connectivity index (χ2v) is 10.3. The third-order valence-electron chi connectivity index (χ3n) is 7.21. The Balaban J connectivity index is 1.25. The average molecular weight is 548 g/mol. The number of benzene rings is 3. The molecule has 0 bridgehead atoms. The third-order valence-corrected chi connectivity index (χ3v) is 7.46. The number of ether oxygens (including phenoxy) is 2. The molecule has 3 aromatic carbocycles. The van der Waals surface area contributed by atoms with Crippen LogP contribution in [0, 0.1) is 6.92 Å². The van der Waals surface area contributed by atoms with E-state index in [2.05, 4.69) is 10.6 Å². The van der Waals surface area contributed by atoms with Crippen molar-refractivity contribution in [3.63, 3.8) is 0 Å². The molecule has 8 nitrogen and oxygen atoms in total. The number of nitrogens with zero attached hydrogens (tertiary/aromatic N) is 1. The fraction of sp³-hybridized carbons (Fsp3) is 0.300. The molecule has 1 fully saturated rings. The van der Waals surface area contributed by atoms with Crippen molar-refractivity contribution in [3.05, 3.63) is 88.4 Å². The van der Waals surface area contributed by atoms with Crippen molar-refractivity contribution >= 4 is 40.7 Å². The van der Waals surface area contributed by atoms with Crippen LogP contribution in [0.5, 0.6) is 5.75 Å². The Labute approximate surface area is 232 Å². The number of fused-ring (bicyclic) bond motifs is 2. The molecule has 0 saturated carbocycles. The first-order valence-electron chi connectivity index (χ1n) is 12.9. The van der Waals surface area contributed by atoms with Gasteiger partial charge in [-0.3, -0.25) is 14.4 Å². The van der Waals surface area contributed by atoms with Crippen LogP contribution in [0.4, 0.5) is 11.4 Å². The highest BCUT2D eigenvalue weighted by atomic mass is 35.5. The lowest BCUT2D eigenvalue weighted by molar-refractivity contribution is -0.130. The number of anilines is 2. The highest BCUT2D eigenvalue weighted by molar-refractivity contribution is 6.30. The Morgan fingerprint density at radius 2 is 1.79 bits per heavy atom. The number of carbonyl (C=O) groups excluding carboxylic acids is 3. The van der Waals surface area contributed by atoms with Crippen molar-refractivity contribution in [2.45, 2.75) is 44.4 Å². The van der Waals surface area contributed by atoms with Crippen LogP contribution >= 0.6 is 11.6 Å². The molecular formula is C30H30ClN3O5. The van der Waals surface area contributed by atoms with Gasteiger partial charge in [0.2, 0.25) is 5.91 Å². The van der Waals surface area contributed by atoms with Gasteiger partial charge in [0.05, 0.1) is 24.1 Å². The van der Waals surface area contributed by atoms with Gasteiger partial charge in [0, 0.05) is 29.0 Å². The molecule has 9 heteroatoms. The molecule has 3 amide bonds. The van der Waals surface area contributed by atoms with Crippen LogP contribution in [0.1, 0.15) is 45.5 Å². The van der Waals surface area contributed by atoms with Gasteiger partial charge in [-0.05, 0) is 73.9 Å². The summed E-state index contributed by atoms with van der Waals surface area (Å²) in [5, 5.41) is 6.33. The maximum absolute atomic E-state index is 13.5. The fourth-order valence-electron chi connectivity index (χ4n) is 5.03. The summed E-state index contributed by atoms with van der Waals surface area (Å²) in [5.74, 6) is -0.223. The smallest absolute Gasteiger partial charge is 0.257 e. The quantitative estimate of drug-likeness (QED) is 0.451. The zero-order valence-corrected chi connectivity index (χ0v) is 22.5. The summed E-state index contributed by atoms with van der Waals surface area (Å²) in [7, 11) is 1.75. The SMILES string of the molecule is Cc1ccccc1NC(=O)C[C@H]1CC[C@H]2[C@@H](COc3ccc(NC(=O)c4ccc(Cl)cc4)cc3C(=O)N2C)O1. The Morgan fingerprint density at radius 3 is 2.56 bits per heavy atom. The molecule has 1 saturated heterocycles. The minimum Gasteiger partial charge on any atom is -0.490 e. The summed E-state index contributed by atoms with van der Waals surface area (Å²) in [5.41, 5.74) is 3.09. The van der Waals surface area contributed by atoms with E-state index in [0.717, 1.165) is 11.3 Å². The van der Waals surface area contributed by atoms with Crippen molar-refractivity contribution in [1.29, 1.82) is 0 Å². The van der Waals surface area contributed by atoms with E-state index in [9.17, 15) is 14.4 Å². The summed E-state index contributed by atoms with van der Waals surface area (Å²) in [6.45, 7) is 2.19. The maximum atomic E-state index is 13.5. The van der Waals surface area contributed by atoms with Crippen LogP contribution in [-0.2, 0) is 9.53 Å². The van der Waals surface area contributed by atoms with Crippen LogP contribution in [0.3, 0.4) is 0 Å². The molecule has 39 heavy (non-hydrogen) atoms. The largest absolute Gasteiger partial charge is 0.490 e. The highest BCUT2D eigenvalue weighted by Gasteiger charge is 2.39. The first-order valence-corrected chi connectivity index (χ1v) is 13.3. The second kappa shape index (κ2) is 11.5. The van der Waals surface area contributed by atoms with Gasteiger partial charge < -0.3 is 25.0 Å². The van der Waals surface area contributed by atoms with E-state index in [0.29, 0.717) is 40.4 Å². The van der Waals surface area contributed by atoms with E-state index in [1.54, 1.807) is 54.4 Å². The number of nitrogens with one attached hydrogen (secondary N) is 2. The molecule has 2 aliphatic heterocycles. The Morgan fingerprint density at radius 1 is 1.03 bits per heavy atom. The van der Waals surface area contributed by atoms with Gasteiger partial charge in [0.1, 0.15) is 18.5 Å². The van der Waals surface area contributed by atoms with Gasteiger partial charge in [-0.1, -0.05) is 29.8 Å². The van der Waals surface area contributed by atoms with E-state index in [1.165, 1.54) is 0 Å². The molecule has 0 aliphatic carbocycles. The zero-order chi connectivity index (χ0) is 27.5. The number of carbonyl (C=O) groups is 3. The number of amides is 3. The van der Waals surface area contributed by atoms with Gasteiger partial charge in [-0.15, -0.1) is 0 Å². The van der Waals surface area contributed by atoms with Gasteiger partial charge in [0.15, 0.2) is 0 Å². The van der Waals surface area contributed by atoms with Crippen LogP contribution in [0.2, 0.25) is 5.02 Å². The number of likely N-dealkylation sites (N-methyl/N-ethyl adjacent to an activating group) is 1. The average Bonchev–Trinajstić information content (AvgIpc) is 2.92. The summed E-state index contributed by atoms with van der Waals surface area (Å²) in [4.78, 5) is 40.5. The molecule has 0 radical (unpaired) electrons. The summed E-state index contributed by atoms with van der Waals surface area (Å²) < 4.78 is 12.3. The number of aryl methyl sites for hydroxylation is 1. The Hall–Kier alpha value is -3.88. The van der Waals surface area contributed by atoms with Crippen LogP contribution in [-0.4, -0.2) is 54.5 Å². The van der Waals surface area contributed by atoms with E-state index in [4.69, 9.17) is 21.1 Å². The number of hydrogen-bond donors (Lipinski definition) is 2. The minimum absolute atomic E-state index is 0.109. The second-order valence-electron chi connectivity index (χ2n) is 9.91. The number of hydrogen-bond acceptors (Lipinski definition) is 5. The lowest BCUT2D eigenvalue weighted by Gasteiger charge is -2.42. The van der Waals surface area contributed by atoms with E-state index in [-0.39, 0.29) is 49.0 Å². The number of rotatable bonds is 5. The lowest BCUT2D eigenvalue weighted by Crippen LogP contribution is -2.53. The van der Waals surface area contributed by atoms with Crippen molar-refractivity contribution < 1.29 is 23.9 Å². The topological polar surface area (TPSA) is 97.0 Å². The number of halogens is 1. The molecule has 5 rings (SSSR count). The normalized spacial score (nSPS) is 20.5. The molecule has 2 aliphatic rings.